The Morgan fingerprint density at radius 3 is 2.77 bits per heavy atom. The second-order valence-corrected chi connectivity index (χ2v) is 8.91. The van der Waals surface area contributed by atoms with E-state index in [-0.39, 0.29) is 11.5 Å². The fourth-order valence-corrected chi connectivity index (χ4v) is 6.89. The summed E-state index contributed by atoms with van der Waals surface area (Å²) in [5.74, 6) is 2.45. The lowest BCUT2D eigenvalue weighted by Gasteiger charge is -2.57. The van der Waals surface area contributed by atoms with Gasteiger partial charge in [-0.1, -0.05) is 31.6 Å². The number of aliphatic hydroxyl groups excluding tert-OH is 1. The summed E-state index contributed by atoms with van der Waals surface area (Å²) < 4.78 is 0. The molecular formula is C21H32O. The highest BCUT2D eigenvalue weighted by Gasteiger charge is 2.58. The SMILES string of the molecule is CC[C@]12CCC(C)=CC1=CC[C@@H]1[C@@H]2CC[C@]2(C)[C@@H](O)CC[C@@H]12. The number of rotatable bonds is 1. The van der Waals surface area contributed by atoms with Crippen LogP contribution in [0.15, 0.2) is 23.3 Å². The molecule has 0 aromatic heterocycles. The molecule has 0 aromatic carbocycles. The van der Waals surface area contributed by atoms with Gasteiger partial charge in [0.25, 0.3) is 0 Å². The van der Waals surface area contributed by atoms with Crippen molar-refractivity contribution in [2.24, 2.45) is 28.6 Å². The Hall–Kier alpha value is -0.560. The van der Waals surface area contributed by atoms with Gasteiger partial charge in [0.05, 0.1) is 6.10 Å². The van der Waals surface area contributed by atoms with Crippen LogP contribution in [-0.4, -0.2) is 11.2 Å². The van der Waals surface area contributed by atoms with Crippen LogP contribution >= 0.6 is 0 Å². The first-order chi connectivity index (χ1) is 10.5. The highest BCUT2D eigenvalue weighted by atomic mass is 16.3. The highest BCUT2D eigenvalue weighted by molar-refractivity contribution is 5.37. The minimum atomic E-state index is -0.0464. The Kier molecular flexibility index (Phi) is 3.39. The van der Waals surface area contributed by atoms with Gasteiger partial charge >= 0.3 is 0 Å². The van der Waals surface area contributed by atoms with Crippen molar-refractivity contribution >= 4 is 0 Å². The predicted octanol–water partition coefficient (Wildman–Crippen LogP) is 5.26. The topological polar surface area (TPSA) is 20.2 Å². The molecule has 2 fully saturated rings. The van der Waals surface area contributed by atoms with E-state index in [4.69, 9.17) is 0 Å². The zero-order valence-corrected chi connectivity index (χ0v) is 14.6. The monoisotopic (exact) mass is 300 g/mol. The summed E-state index contributed by atoms with van der Waals surface area (Å²) in [5, 5.41) is 10.5. The van der Waals surface area contributed by atoms with Crippen LogP contribution in [0.25, 0.3) is 0 Å². The molecule has 0 heterocycles. The average Bonchev–Trinajstić information content (AvgIpc) is 2.82. The van der Waals surface area contributed by atoms with Gasteiger partial charge in [-0.3, -0.25) is 0 Å². The minimum absolute atomic E-state index is 0.0464. The first-order valence-electron chi connectivity index (χ1n) is 9.57. The van der Waals surface area contributed by atoms with Crippen molar-refractivity contribution in [3.05, 3.63) is 23.3 Å². The van der Waals surface area contributed by atoms with E-state index < -0.39 is 0 Å². The van der Waals surface area contributed by atoms with Crippen LogP contribution in [0.2, 0.25) is 0 Å². The van der Waals surface area contributed by atoms with E-state index in [1.165, 1.54) is 44.9 Å². The number of aliphatic hydroxyl groups is 1. The van der Waals surface area contributed by atoms with Crippen LogP contribution in [-0.2, 0) is 0 Å². The molecule has 0 bridgehead atoms. The van der Waals surface area contributed by atoms with Crippen LogP contribution in [0.1, 0.15) is 72.1 Å². The number of hydrogen-bond acceptors (Lipinski definition) is 1. The molecule has 2 saturated carbocycles. The van der Waals surface area contributed by atoms with Crippen LogP contribution in [0, 0.1) is 28.6 Å². The molecule has 0 radical (unpaired) electrons. The summed E-state index contributed by atoms with van der Waals surface area (Å²) in [6, 6.07) is 0. The first-order valence-corrected chi connectivity index (χ1v) is 9.57. The average molecular weight is 300 g/mol. The van der Waals surface area contributed by atoms with E-state index in [0.717, 1.165) is 24.2 Å². The third kappa shape index (κ3) is 1.81. The van der Waals surface area contributed by atoms with Gasteiger partial charge in [0.15, 0.2) is 0 Å². The molecule has 4 aliphatic rings. The van der Waals surface area contributed by atoms with E-state index in [0.29, 0.717) is 5.41 Å². The fourth-order valence-electron chi connectivity index (χ4n) is 6.89. The molecule has 4 rings (SSSR count). The zero-order chi connectivity index (χ0) is 15.5. The van der Waals surface area contributed by atoms with Gasteiger partial charge in [-0.2, -0.15) is 0 Å². The highest BCUT2D eigenvalue weighted by Crippen LogP contribution is 2.65. The number of allylic oxidation sites excluding steroid dienone is 4. The molecule has 0 aromatic rings. The maximum atomic E-state index is 10.5. The molecule has 0 spiro atoms. The molecule has 0 aliphatic heterocycles. The zero-order valence-electron chi connectivity index (χ0n) is 14.6. The van der Waals surface area contributed by atoms with Gasteiger partial charge in [0, 0.05) is 0 Å². The van der Waals surface area contributed by atoms with E-state index in [2.05, 4.69) is 32.9 Å². The summed E-state index contributed by atoms with van der Waals surface area (Å²) in [4.78, 5) is 0. The third-order valence-corrected chi connectivity index (χ3v) is 8.28. The van der Waals surface area contributed by atoms with Crippen LogP contribution < -0.4 is 0 Å². The van der Waals surface area contributed by atoms with Crippen LogP contribution in [0.5, 0.6) is 0 Å². The van der Waals surface area contributed by atoms with Crippen molar-refractivity contribution in [2.45, 2.75) is 78.2 Å². The predicted molar refractivity (Wildman–Crippen MR) is 91.5 cm³/mol. The van der Waals surface area contributed by atoms with Crippen molar-refractivity contribution in [3.63, 3.8) is 0 Å². The molecule has 1 heteroatoms. The van der Waals surface area contributed by atoms with Gasteiger partial charge in [-0.05, 0) is 92.4 Å². The Labute approximate surface area is 135 Å². The molecule has 22 heavy (non-hydrogen) atoms. The maximum Gasteiger partial charge on any atom is 0.0596 e. The van der Waals surface area contributed by atoms with E-state index in [9.17, 15) is 5.11 Å². The molecule has 0 unspecified atom stereocenters. The van der Waals surface area contributed by atoms with Gasteiger partial charge in [0.2, 0.25) is 0 Å². The molecule has 0 saturated heterocycles. The number of hydrogen-bond donors (Lipinski definition) is 1. The molecule has 1 nitrogen and oxygen atoms in total. The van der Waals surface area contributed by atoms with Gasteiger partial charge in [0.1, 0.15) is 0 Å². The molecular weight excluding hydrogens is 268 g/mol. The lowest BCUT2D eigenvalue weighted by atomic mass is 9.47. The summed E-state index contributed by atoms with van der Waals surface area (Å²) in [6.45, 7) is 7.11. The number of fused-ring (bicyclic) bond motifs is 5. The fraction of sp³-hybridized carbons (Fsp3) is 0.810. The van der Waals surface area contributed by atoms with Gasteiger partial charge < -0.3 is 5.11 Å². The lowest BCUT2D eigenvalue weighted by Crippen LogP contribution is -2.50. The molecule has 4 aliphatic carbocycles. The smallest absolute Gasteiger partial charge is 0.0596 e. The van der Waals surface area contributed by atoms with E-state index in [1.807, 2.05) is 0 Å². The minimum Gasteiger partial charge on any atom is -0.393 e. The summed E-state index contributed by atoms with van der Waals surface area (Å²) in [5.41, 5.74) is 3.91. The largest absolute Gasteiger partial charge is 0.393 e. The van der Waals surface area contributed by atoms with Crippen molar-refractivity contribution in [2.75, 3.05) is 0 Å². The van der Waals surface area contributed by atoms with Crippen LogP contribution in [0.4, 0.5) is 0 Å². The Morgan fingerprint density at radius 2 is 2.00 bits per heavy atom. The second-order valence-electron chi connectivity index (χ2n) is 8.91. The summed E-state index contributed by atoms with van der Waals surface area (Å²) >= 11 is 0. The Balaban J connectivity index is 1.74. The molecule has 6 atom stereocenters. The van der Waals surface area contributed by atoms with Crippen molar-refractivity contribution in [1.82, 2.24) is 0 Å². The molecule has 0 amide bonds. The Bertz CT molecular complexity index is 530. The van der Waals surface area contributed by atoms with Crippen molar-refractivity contribution in [3.8, 4) is 0 Å². The Morgan fingerprint density at radius 1 is 1.18 bits per heavy atom. The van der Waals surface area contributed by atoms with Gasteiger partial charge in [-0.15, -0.1) is 0 Å². The molecule has 1 N–H and O–H groups in total. The van der Waals surface area contributed by atoms with E-state index in [1.54, 1.807) is 11.1 Å². The van der Waals surface area contributed by atoms with Gasteiger partial charge in [-0.25, -0.2) is 0 Å². The maximum absolute atomic E-state index is 10.5. The quantitative estimate of drug-likeness (QED) is 0.700. The normalized spacial score (nSPS) is 50.5. The summed E-state index contributed by atoms with van der Waals surface area (Å²) in [7, 11) is 0. The molecule has 122 valence electrons. The lowest BCUT2D eigenvalue weighted by molar-refractivity contribution is -0.0673. The third-order valence-electron chi connectivity index (χ3n) is 8.28. The van der Waals surface area contributed by atoms with Crippen molar-refractivity contribution in [1.29, 1.82) is 0 Å². The van der Waals surface area contributed by atoms with Crippen molar-refractivity contribution < 1.29 is 5.11 Å². The first kappa shape index (κ1) is 15.0. The standard InChI is InChI=1S/C21H32O/c1-4-21-12-9-14(2)13-15(21)5-6-16-17-7-8-19(22)20(17,3)11-10-18(16)21/h5,13,16-19,22H,4,6-12H2,1-3H3/t16-,17-,18-,19-,20-,21-/m0/s1. The van der Waals surface area contributed by atoms with Crippen LogP contribution in [0.3, 0.4) is 0 Å². The second kappa shape index (κ2) is 4.97. The van der Waals surface area contributed by atoms with E-state index >= 15 is 0 Å². The summed E-state index contributed by atoms with van der Waals surface area (Å²) in [6.07, 6.45) is 15.2.